The summed E-state index contributed by atoms with van der Waals surface area (Å²) >= 11 is 0. The van der Waals surface area contributed by atoms with Crippen molar-refractivity contribution in [2.75, 3.05) is 0 Å². The Balaban J connectivity index is 2.22. The number of hydroxylamine groups is 1. The molecule has 1 saturated carbocycles. The van der Waals surface area contributed by atoms with Crippen LogP contribution in [-0.2, 0) is 9.63 Å². The van der Waals surface area contributed by atoms with Crippen LogP contribution in [0, 0.1) is 0 Å². The van der Waals surface area contributed by atoms with Gasteiger partial charge in [-0.05, 0) is 26.7 Å². The molecule has 0 atom stereocenters. The number of carbonyl (C=O) groups is 1. The molecule has 13 heavy (non-hydrogen) atoms. The smallest absolute Gasteiger partial charge is 0.263 e. The quantitative estimate of drug-likeness (QED) is 0.638. The van der Waals surface area contributed by atoms with Crippen molar-refractivity contribution in [3.8, 4) is 0 Å². The highest BCUT2D eigenvalue weighted by Crippen LogP contribution is 2.19. The standard InChI is InChI=1S/C9H18N2O2/c1-9(2,10)8(12)11-13-7-5-3-4-6-7/h7H,3-6,10H2,1-2H3,(H,11,12). The van der Waals surface area contributed by atoms with Gasteiger partial charge in [0, 0.05) is 0 Å². The van der Waals surface area contributed by atoms with Crippen LogP contribution in [0.25, 0.3) is 0 Å². The molecule has 0 aromatic heterocycles. The highest BCUT2D eigenvalue weighted by Gasteiger charge is 2.24. The highest BCUT2D eigenvalue weighted by molar-refractivity contribution is 5.84. The summed E-state index contributed by atoms with van der Waals surface area (Å²) in [5, 5.41) is 0. The minimum Gasteiger partial charge on any atom is -0.318 e. The van der Waals surface area contributed by atoms with E-state index in [-0.39, 0.29) is 12.0 Å². The van der Waals surface area contributed by atoms with Crippen molar-refractivity contribution in [1.29, 1.82) is 0 Å². The molecular weight excluding hydrogens is 168 g/mol. The summed E-state index contributed by atoms with van der Waals surface area (Å²) in [6.45, 7) is 3.31. The predicted octanol–water partition coefficient (Wildman–Crippen LogP) is 0.714. The van der Waals surface area contributed by atoms with E-state index in [9.17, 15) is 4.79 Å². The maximum atomic E-state index is 11.3. The third kappa shape index (κ3) is 3.32. The van der Waals surface area contributed by atoms with Gasteiger partial charge in [0.1, 0.15) is 0 Å². The molecule has 0 radical (unpaired) electrons. The molecule has 4 heteroatoms. The lowest BCUT2D eigenvalue weighted by Crippen LogP contribution is -2.49. The summed E-state index contributed by atoms with van der Waals surface area (Å²) in [7, 11) is 0. The van der Waals surface area contributed by atoms with Gasteiger partial charge >= 0.3 is 0 Å². The lowest BCUT2D eigenvalue weighted by molar-refractivity contribution is -0.142. The molecule has 0 bridgehead atoms. The lowest BCUT2D eigenvalue weighted by Gasteiger charge is -2.19. The molecule has 0 aromatic rings. The number of nitrogens with two attached hydrogens (primary N) is 1. The van der Waals surface area contributed by atoms with Crippen LogP contribution in [-0.4, -0.2) is 17.6 Å². The fourth-order valence-corrected chi connectivity index (χ4v) is 1.27. The van der Waals surface area contributed by atoms with Gasteiger partial charge in [0.25, 0.3) is 5.91 Å². The van der Waals surface area contributed by atoms with Gasteiger partial charge in [-0.3, -0.25) is 9.63 Å². The Bertz CT molecular complexity index is 181. The number of nitrogens with one attached hydrogen (secondary N) is 1. The molecule has 1 fully saturated rings. The lowest BCUT2D eigenvalue weighted by atomic mass is 10.1. The van der Waals surface area contributed by atoms with Gasteiger partial charge in [0.05, 0.1) is 11.6 Å². The Labute approximate surface area is 78.8 Å². The Morgan fingerprint density at radius 2 is 2.00 bits per heavy atom. The molecule has 1 aliphatic rings. The average Bonchev–Trinajstić information content (AvgIpc) is 2.50. The first-order chi connectivity index (χ1) is 6.00. The molecule has 3 N–H and O–H groups in total. The van der Waals surface area contributed by atoms with Crippen molar-refractivity contribution in [2.24, 2.45) is 5.73 Å². The van der Waals surface area contributed by atoms with Gasteiger partial charge in [-0.2, -0.15) is 0 Å². The van der Waals surface area contributed by atoms with Crippen LogP contribution in [0.5, 0.6) is 0 Å². The van der Waals surface area contributed by atoms with E-state index in [1.807, 2.05) is 0 Å². The third-order valence-corrected chi connectivity index (χ3v) is 2.21. The minimum atomic E-state index is -0.862. The largest absolute Gasteiger partial charge is 0.318 e. The maximum absolute atomic E-state index is 11.3. The first kappa shape index (κ1) is 10.5. The van der Waals surface area contributed by atoms with Gasteiger partial charge in [-0.1, -0.05) is 12.8 Å². The van der Waals surface area contributed by atoms with Crippen molar-refractivity contribution in [1.82, 2.24) is 5.48 Å². The first-order valence-electron chi connectivity index (χ1n) is 4.75. The second kappa shape index (κ2) is 4.07. The second-order valence-corrected chi connectivity index (χ2v) is 4.18. The fourth-order valence-electron chi connectivity index (χ4n) is 1.27. The van der Waals surface area contributed by atoms with Crippen molar-refractivity contribution in [3.63, 3.8) is 0 Å². The van der Waals surface area contributed by atoms with Gasteiger partial charge in [0.2, 0.25) is 0 Å². The molecule has 1 aliphatic carbocycles. The maximum Gasteiger partial charge on any atom is 0.263 e. The van der Waals surface area contributed by atoms with Crippen molar-refractivity contribution in [3.05, 3.63) is 0 Å². The number of hydrogen-bond acceptors (Lipinski definition) is 3. The molecule has 0 aliphatic heterocycles. The van der Waals surface area contributed by atoms with E-state index in [0.717, 1.165) is 12.8 Å². The average molecular weight is 186 g/mol. The monoisotopic (exact) mass is 186 g/mol. The number of amides is 1. The van der Waals surface area contributed by atoms with Gasteiger partial charge in [-0.15, -0.1) is 0 Å². The van der Waals surface area contributed by atoms with E-state index in [1.54, 1.807) is 13.8 Å². The molecule has 0 saturated heterocycles. The van der Waals surface area contributed by atoms with Crippen LogP contribution >= 0.6 is 0 Å². The van der Waals surface area contributed by atoms with Crippen LogP contribution in [0.3, 0.4) is 0 Å². The topological polar surface area (TPSA) is 64.4 Å². The first-order valence-corrected chi connectivity index (χ1v) is 4.75. The third-order valence-electron chi connectivity index (χ3n) is 2.21. The zero-order chi connectivity index (χ0) is 9.90. The summed E-state index contributed by atoms with van der Waals surface area (Å²) < 4.78 is 0. The van der Waals surface area contributed by atoms with E-state index in [2.05, 4.69) is 5.48 Å². The molecule has 1 rings (SSSR count). The summed E-state index contributed by atoms with van der Waals surface area (Å²) in [6.07, 6.45) is 4.63. The Morgan fingerprint density at radius 3 is 2.46 bits per heavy atom. The Hall–Kier alpha value is -0.610. The van der Waals surface area contributed by atoms with Crippen molar-refractivity contribution < 1.29 is 9.63 Å². The Kier molecular flexibility index (Phi) is 3.27. The number of carbonyl (C=O) groups excluding carboxylic acids is 1. The molecule has 76 valence electrons. The van der Waals surface area contributed by atoms with Gasteiger partial charge in [0.15, 0.2) is 0 Å². The predicted molar refractivity (Wildman–Crippen MR) is 49.8 cm³/mol. The summed E-state index contributed by atoms with van der Waals surface area (Å²) in [4.78, 5) is 16.5. The van der Waals surface area contributed by atoms with E-state index < -0.39 is 5.54 Å². The van der Waals surface area contributed by atoms with Crippen LogP contribution in [0.4, 0.5) is 0 Å². The van der Waals surface area contributed by atoms with E-state index in [0.29, 0.717) is 0 Å². The molecule has 0 heterocycles. The molecule has 0 unspecified atom stereocenters. The fraction of sp³-hybridized carbons (Fsp3) is 0.889. The van der Waals surface area contributed by atoms with E-state index in [4.69, 9.17) is 10.6 Å². The van der Waals surface area contributed by atoms with Crippen LogP contribution in [0.15, 0.2) is 0 Å². The number of rotatable bonds is 3. The van der Waals surface area contributed by atoms with Crippen molar-refractivity contribution in [2.45, 2.75) is 51.2 Å². The normalized spacial score (nSPS) is 19.0. The van der Waals surface area contributed by atoms with Gasteiger partial charge < -0.3 is 5.73 Å². The summed E-state index contributed by atoms with van der Waals surface area (Å²) in [5.41, 5.74) is 7.11. The summed E-state index contributed by atoms with van der Waals surface area (Å²) in [6, 6.07) is 0. The second-order valence-electron chi connectivity index (χ2n) is 4.18. The molecule has 0 spiro atoms. The van der Waals surface area contributed by atoms with E-state index in [1.165, 1.54) is 12.8 Å². The van der Waals surface area contributed by atoms with Crippen molar-refractivity contribution >= 4 is 5.91 Å². The zero-order valence-corrected chi connectivity index (χ0v) is 8.30. The van der Waals surface area contributed by atoms with Gasteiger partial charge in [-0.25, -0.2) is 5.48 Å². The van der Waals surface area contributed by atoms with Crippen LogP contribution < -0.4 is 11.2 Å². The summed E-state index contributed by atoms with van der Waals surface area (Å²) in [5.74, 6) is -0.264. The van der Waals surface area contributed by atoms with E-state index >= 15 is 0 Å². The molecular formula is C9H18N2O2. The minimum absolute atomic E-state index is 0.186. The highest BCUT2D eigenvalue weighted by atomic mass is 16.7. The SMILES string of the molecule is CC(C)(N)C(=O)NOC1CCCC1. The zero-order valence-electron chi connectivity index (χ0n) is 8.30. The number of hydrogen-bond donors (Lipinski definition) is 2. The van der Waals surface area contributed by atoms with Crippen LogP contribution in [0.2, 0.25) is 0 Å². The Morgan fingerprint density at radius 1 is 1.46 bits per heavy atom. The van der Waals surface area contributed by atoms with Crippen LogP contribution in [0.1, 0.15) is 39.5 Å². The molecule has 0 aromatic carbocycles. The molecule has 4 nitrogen and oxygen atoms in total. The molecule has 1 amide bonds.